The number of rotatable bonds is 7. The largest absolute Gasteiger partial charge is 0.444 e. The highest BCUT2D eigenvalue weighted by Gasteiger charge is 2.43. The van der Waals surface area contributed by atoms with Gasteiger partial charge in [-0.25, -0.2) is 9.59 Å². The maximum atomic E-state index is 13.3. The number of alkyl carbamates (subject to hydrolysis) is 1. The van der Waals surface area contributed by atoms with Gasteiger partial charge in [0.2, 0.25) is 5.91 Å². The molecule has 0 unspecified atom stereocenters. The number of nitrogens with one attached hydrogen (secondary N) is 3. The van der Waals surface area contributed by atoms with Crippen LogP contribution in [-0.2, 0) is 27.4 Å². The van der Waals surface area contributed by atoms with Crippen LogP contribution in [0.4, 0.5) is 9.59 Å². The lowest BCUT2D eigenvalue weighted by atomic mass is 9.79. The molecule has 3 N–H and O–H groups in total. The Balaban J connectivity index is 1.31. The normalized spacial score (nSPS) is 19.6. The minimum absolute atomic E-state index is 0.0749. The van der Waals surface area contributed by atoms with E-state index >= 15 is 0 Å². The average Bonchev–Trinajstić information content (AvgIpc) is 3.59. The van der Waals surface area contributed by atoms with E-state index in [4.69, 9.17) is 14.9 Å². The lowest BCUT2D eigenvalue weighted by molar-refractivity contribution is -0.125. The van der Waals surface area contributed by atoms with Gasteiger partial charge >= 0.3 is 12.2 Å². The monoisotopic (exact) mass is 568 g/mol. The van der Waals surface area contributed by atoms with Crippen molar-refractivity contribution in [3.05, 3.63) is 57.8 Å². The zero-order valence-corrected chi connectivity index (χ0v) is 24.4. The van der Waals surface area contributed by atoms with Gasteiger partial charge < -0.3 is 14.8 Å². The Bertz CT molecular complexity index is 1190. The van der Waals surface area contributed by atoms with Crippen LogP contribution in [0.5, 0.6) is 0 Å². The Labute approximate surface area is 240 Å². The van der Waals surface area contributed by atoms with Crippen molar-refractivity contribution in [3.8, 4) is 0 Å². The summed E-state index contributed by atoms with van der Waals surface area (Å²) in [5.41, 5.74) is 0.746. The molecule has 9 nitrogen and oxygen atoms in total. The Morgan fingerprint density at radius 2 is 1.80 bits per heavy atom. The number of likely N-dealkylation sites (tertiary alicyclic amines) is 1. The molecule has 1 aliphatic heterocycles. The number of nitrogens with zero attached hydrogens (tertiary/aromatic N) is 1. The first-order valence-corrected chi connectivity index (χ1v) is 14.9. The van der Waals surface area contributed by atoms with E-state index in [-0.39, 0.29) is 24.9 Å². The zero-order valence-electron chi connectivity index (χ0n) is 23.5. The summed E-state index contributed by atoms with van der Waals surface area (Å²) in [6, 6.07) is 10.5. The standard InChI is InChI=1S/C30H40N4O5S/c1-30(2,3)39-29(37)34-17-22(21-12-8-5-9-13-21)15-25(34)27(35)32-16-24-14-23(19-40-24)26(31)33-28(36)38-18-20-10-6-4-7-11-20/h4,6-7,10-11,14,19,21-22,25H,5,8-9,12-13,15-18H2,1-3H3,(H,32,35)(H2,31,33,36)/t22-,25+/m1/s1. The van der Waals surface area contributed by atoms with E-state index in [9.17, 15) is 14.4 Å². The molecule has 2 aromatic rings. The molecule has 1 aromatic heterocycles. The molecule has 1 aliphatic carbocycles. The van der Waals surface area contributed by atoms with Crippen molar-refractivity contribution >= 4 is 35.3 Å². The molecule has 216 valence electrons. The number of thiophene rings is 1. The van der Waals surface area contributed by atoms with E-state index in [1.54, 1.807) is 16.3 Å². The van der Waals surface area contributed by atoms with Crippen LogP contribution >= 0.6 is 11.3 Å². The number of amidine groups is 1. The third kappa shape index (κ3) is 8.30. The summed E-state index contributed by atoms with van der Waals surface area (Å²) >= 11 is 1.39. The molecule has 10 heteroatoms. The van der Waals surface area contributed by atoms with Crippen LogP contribution in [0, 0.1) is 17.2 Å². The van der Waals surface area contributed by atoms with Gasteiger partial charge in [0.1, 0.15) is 24.1 Å². The van der Waals surface area contributed by atoms with Gasteiger partial charge in [-0.1, -0.05) is 62.4 Å². The fraction of sp³-hybridized carbons (Fsp3) is 0.533. The van der Waals surface area contributed by atoms with Crippen LogP contribution in [0.2, 0.25) is 0 Å². The van der Waals surface area contributed by atoms with Crippen molar-refractivity contribution in [2.45, 2.75) is 84.1 Å². The first-order chi connectivity index (χ1) is 19.1. The first kappa shape index (κ1) is 29.6. The van der Waals surface area contributed by atoms with E-state index in [0.717, 1.165) is 23.3 Å². The summed E-state index contributed by atoms with van der Waals surface area (Å²) < 4.78 is 10.8. The van der Waals surface area contributed by atoms with Crippen LogP contribution in [-0.4, -0.2) is 47.0 Å². The fourth-order valence-electron chi connectivity index (χ4n) is 5.42. The fourth-order valence-corrected chi connectivity index (χ4v) is 6.23. The molecule has 3 amide bonds. The van der Waals surface area contributed by atoms with Gasteiger partial charge in [-0.15, -0.1) is 11.3 Å². The molecule has 0 bridgehead atoms. The number of amides is 3. The summed E-state index contributed by atoms with van der Waals surface area (Å²) in [6.45, 7) is 6.42. The summed E-state index contributed by atoms with van der Waals surface area (Å²) in [5, 5.41) is 15.4. The molecule has 1 saturated heterocycles. The molecular weight excluding hydrogens is 528 g/mol. The first-order valence-electron chi connectivity index (χ1n) is 14.0. The second-order valence-electron chi connectivity index (χ2n) is 11.6. The Morgan fingerprint density at radius 3 is 2.50 bits per heavy atom. The van der Waals surface area contributed by atoms with Crippen molar-refractivity contribution in [2.75, 3.05) is 6.54 Å². The summed E-state index contributed by atoms with van der Waals surface area (Å²) in [5.74, 6) is 0.560. The molecule has 40 heavy (non-hydrogen) atoms. The van der Waals surface area contributed by atoms with Gasteiger partial charge in [0, 0.05) is 22.4 Å². The molecule has 1 saturated carbocycles. The highest BCUT2D eigenvalue weighted by Crippen LogP contribution is 2.38. The van der Waals surface area contributed by atoms with Gasteiger partial charge in [0.25, 0.3) is 0 Å². The molecule has 2 atom stereocenters. The number of hydrogen-bond donors (Lipinski definition) is 3. The number of ether oxygens (including phenoxy) is 2. The summed E-state index contributed by atoms with van der Waals surface area (Å²) in [6.07, 6.45) is 5.48. The molecule has 0 spiro atoms. The average molecular weight is 569 g/mol. The topological polar surface area (TPSA) is 121 Å². The quantitative estimate of drug-likeness (QED) is 0.287. The molecule has 2 fully saturated rings. The molecule has 2 heterocycles. The minimum Gasteiger partial charge on any atom is -0.444 e. The number of hydrogen-bond acceptors (Lipinski definition) is 7. The third-order valence-electron chi connectivity index (χ3n) is 7.40. The van der Waals surface area contributed by atoms with Crippen LogP contribution < -0.4 is 10.6 Å². The lowest BCUT2D eigenvalue weighted by Crippen LogP contribution is -2.47. The summed E-state index contributed by atoms with van der Waals surface area (Å²) in [7, 11) is 0. The van der Waals surface area contributed by atoms with Gasteiger partial charge in [-0.2, -0.15) is 0 Å². The Kier molecular flexibility index (Phi) is 9.84. The zero-order chi connectivity index (χ0) is 28.7. The number of carbonyl (C=O) groups excluding carboxylic acids is 3. The van der Waals surface area contributed by atoms with E-state index in [1.807, 2.05) is 51.1 Å². The van der Waals surface area contributed by atoms with Gasteiger partial charge in [-0.3, -0.25) is 20.4 Å². The Hall–Kier alpha value is -3.40. The van der Waals surface area contributed by atoms with Crippen molar-refractivity contribution in [3.63, 3.8) is 0 Å². The molecule has 2 aliphatic rings. The van der Waals surface area contributed by atoms with E-state index < -0.39 is 23.8 Å². The van der Waals surface area contributed by atoms with Crippen molar-refractivity contribution < 1.29 is 23.9 Å². The van der Waals surface area contributed by atoms with E-state index in [1.165, 1.54) is 30.6 Å². The van der Waals surface area contributed by atoms with E-state index in [2.05, 4.69) is 10.6 Å². The second-order valence-corrected chi connectivity index (χ2v) is 12.6. The van der Waals surface area contributed by atoms with Crippen LogP contribution in [0.25, 0.3) is 0 Å². The SMILES string of the molecule is CC(C)(C)OC(=O)N1C[C@H](C2CCCCC2)C[C@H]1C(=O)NCc1cc(C(=N)NC(=O)OCc2ccccc2)cs1. The molecule has 4 rings (SSSR count). The summed E-state index contributed by atoms with van der Waals surface area (Å²) in [4.78, 5) is 40.9. The predicted molar refractivity (Wildman–Crippen MR) is 154 cm³/mol. The van der Waals surface area contributed by atoms with Crippen LogP contribution in [0.3, 0.4) is 0 Å². The highest BCUT2D eigenvalue weighted by atomic mass is 32.1. The Morgan fingerprint density at radius 1 is 1.07 bits per heavy atom. The minimum atomic E-state index is -0.703. The molecule has 1 aromatic carbocycles. The number of carbonyl (C=O) groups is 3. The third-order valence-corrected chi connectivity index (χ3v) is 8.34. The van der Waals surface area contributed by atoms with E-state index in [0.29, 0.717) is 30.4 Å². The maximum absolute atomic E-state index is 13.3. The van der Waals surface area contributed by atoms with Gasteiger partial charge in [0.05, 0.1) is 6.54 Å². The second kappa shape index (κ2) is 13.3. The number of benzene rings is 1. The maximum Gasteiger partial charge on any atom is 0.413 e. The lowest BCUT2D eigenvalue weighted by Gasteiger charge is -2.29. The van der Waals surface area contributed by atoms with Crippen molar-refractivity contribution in [1.82, 2.24) is 15.5 Å². The molecular formula is C30H40N4O5S. The smallest absolute Gasteiger partial charge is 0.413 e. The van der Waals surface area contributed by atoms with Crippen LogP contribution in [0.1, 0.15) is 75.3 Å². The van der Waals surface area contributed by atoms with Gasteiger partial charge in [-0.05, 0) is 50.7 Å². The van der Waals surface area contributed by atoms with Gasteiger partial charge in [0.15, 0.2) is 0 Å². The predicted octanol–water partition coefficient (Wildman–Crippen LogP) is 5.82. The molecule has 0 radical (unpaired) electrons. The highest BCUT2D eigenvalue weighted by molar-refractivity contribution is 7.10. The van der Waals surface area contributed by atoms with Crippen molar-refractivity contribution in [1.29, 1.82) is 5.41 Å². The van der Waals surface area contributed by atoms with Crippen LogP contribution in [0.15, 0.2) is 41.8 Å². The van der Waals surface area contributed by atoms with Crippen molar-refractivity contribution in [2.24, 2.45) is 11.8 Å².